The lowest BCUT2D eigenvalue weighted by Gasteiger charge is -2.26. The van der Waals surface area contributed by atoms with Crippen molar-refractivity contribution in [2.75, 3.05) is 26.9 Å². The van der Waals surface area contributed by atoms with E-state index in [4.69, 9.17) is 14.2 Å². The number of carbonyl (C=O) groups excluding carboxylic acids is 2. The molecule has 34 heavy (non-hydrogen) atoms. The van der Waals surface area contributed by atoms with E-state index in [9.17, 15) is 14.7 Å². The van der Waals surface area contributed by atoms with E-state index in [0.717, 1.165) is 11.1 Å². The maximum absolute atomic E-state index is 13.2. The molecule has 0 aliphatic carbocycles. The quantitative estimate of drug-likeness (QED) is 0.331. The molecule has 3 rings (SSSR count). The molecular weight excluding hydrogens is 434 g/mol. The van der Waals surface area contributed by atoms with Crippen LogP contribution in [0.5, 0.6) is 11.5 Å². The highest BCUT2D eigenvalue weighted by Gasteiger charge is 2.46. The van der Waals surface area contributed by atoms with E-state index in [-0.39, 0.29) is 30.6 Å². The van der Waals surface area contributed by atoms with Crippen molar-refractivity contribution in [2.24, 2.45) is 0 Å². The molecule has 2 aromatic carbocycles. The van der Waals surface area contributed by atoms with Gasteiger partial charge in [0.2, 0.25) is 0 Å². The zero-order valence-corrected chi connectivity index (χ0v) is 20.7. The molecule has 0 saturated carbocycles. The summed E-state index contributed by atoms with van der Waals surface area (Å²) in [6.45, 7) is 10.4. The van der Waals surface area contributed by atoms with E-state index < -0.39 is 17.7 Å². The van der Waals surface area contributed by atoms with Crippen LogP contribution in [-0.2, 0) is 14.3 Å². The lowest BCUT2D eigenvalue weighted by Crippen LogP contribution is -2.33. The number of aliphatic hydroxyl groups excluding tert-OH is 1. The van der Waals surface area contributed by atoms with Gasteiger partial charge in [-0.1, -0.05) is 12.1 Å². The van der Waals surface area contributed by atoms with Gasteiger partial charge in [0.1, 0.15) is 17.3 Å². The topological polar surface area (TPSA) is 85.3 Å². The summed E-state index contributed by atoms with van der Waals surface area (Å²) in [7, 11) is 1.58. The van der Waals surface area contributed by atoms with Crippen molar-refractivity contribution in [3.63, 3.8) is 0 Å². The monoisotopic (exact) mass is 467 g/mol. The predicted octanol–water partition coefficient (Wildman–Crippen LogP) is 4.56. The summed E-state index contributed by atoms with van der Waals surface area (Å²) in [5.41, 5.74) is 2.76. The van der Waals surface area contributed by atoms with Crippen molar-refractivity contribution < 1.29 is 28.9 Å². The third-order valence-corrected chi connectivity index (χ3v) is 5.81. The van der Waals surface area contributed by atoms with Crippen LogP contribution in [0.2, 0.25) is 0 Å². The molecule has 1 saturated heterocycles. The Morgan fingerprint density at radius 2 is 1.85 bits per heavy atom. The lowest BCUT2D eigenvalue weighted by molar-refractivity contribution is -0.140. The second kappa shape index (κ2) is 10.7. The summed E-state index contributed by atoms with van der Waals surface area (Å²) in [5, 5.41) is 11.4. The van der Waals surface area contributed by atoms with Crippen molar-refractivity contribution in [1.29, 1.82) is 0 Å². The van der Waals surface area contributed by atoms with Gasteiger partial charge in [0, 0.05) is 12.1 Å². The first-order chi connectivity index (χ1) is 16.2. The molecule has 7 nitrogen and oxygen atoms in total. The summed E-state index contributed by atoms with van der Waals surface area (Å²) in [6.07, 6.45) is -0.0125. The molecule has 1 aliphatic heterocycles. The van der Waals surface area contributed by atoms with Crippen molar-refractivity contribution in [3.8, 4) is 11.5 Å². The van der Waals surface area contributed by atoms with E-state index in [1.54, 1.807) is 19.2 Å². The van der Waals surface area contributed by atoms with Crippen molar-refractivity contribution in [2.45, 2.75) is 46.8 Å². The number of aryl methyl sites for hydroxylation is 2. The van der Waals surface area contributed by atoms with Gasteiger partial charge in [0.15, 0.2) is 0 Å². The molecule has 1 fully saturated rings. The maximum Gasteiger partial charge on any atom is 0.295 e. The molecular formula is C27H33NO6. The number of aliphatic hydroxyl groups is 1. The van der Waals surface area contributed by atoms with Crippen molar-refractivity contribution in [1.82, 2.24) is 4.90 Å². The van der Waals surface area contributed by atoms with E-state index in [1.807, 2.05) is 58.9 Å². The standard InChI is InChI=1S/C27H33NO6/c1-7-33-20-10-8-9-19(15-20)24-23(26(30)27(31)28(24)11-12-34-16(2)3)25(29)21-13-18(5)22(32-6)14-17(21)4/h8-10,13-16,24,29H,7,11-12H2,1-6H3/b25-23+. The van der Waals surface area contributed by atoms with Crippen molar-refractivity contribution >= 4 is 17.4 Å². The highest BCUT2D eigenvalue weighted by Crippen LogP contribution is 2.41. The number of ketones is 1. The summed E-state index contributed by atoms with van der Waals surface area (Å²) in [5.74, 6) is -0.284. The number of carbonyl (C=O) groups is 2. The van der Waals surface area contributed by atoms with Crippen LogP contribution in [0.3, 0.4) is 0 Å². The number of amides is 1. The van der Waals surface area contributed by atoms with Gasteiger partial charge in [0.25, 0.3) is 11.7 Å². The minimum absolute atomic E-state index is 0.0125. The van der Waals surface area contributed by atoms with Gasteiger partial charge in [-0.3, -0.25) is 9.59 Å². The molecule has 1 N–H and O–H groups in total. The van der Waals surface area contributed by atoms with Gasteiger partial charge in [-0.2, -0.15) is 0 Å². The molecule has 0 radical (unpaired) electrons. The summed E-state index contributed by atoms with van der Waals surface area (Å²) >= 11 is 0. The maximum atomic E-state index is 13.2. The Hall–Kier alpha value is -3.32. The summed E-state index contributed by atoms with van der Waals surface area (Å²) < 4.78 is 16.7. The van der Waals surface area contributed by atoms with Gasteiger partial charge in [0.05, 0.1) is 38.0 Å². The highest BCUT2D eigenvalue weighted by molar-refractivity contribution is 6.46. The van der Waals surface area contributed by atoms with Crippen LogP contribution in [0.25, 0.3) is 5.76 Å². The van der Waals surface area contributed by atoms with Gasteiger partial charge in [-0.15, -0.1) is 0 Å². The molecule has 1 heterocycles. The minimum atomic E-state index is -0.766. The van der Waals surface area contributed by atoms with Gasteiger partial charge in [-0.05, 0) is 75.6 Å². The Morgan fingerprint density at radius 3 is 2.50 bits per heavy atom. The zero-order chi connectivity index (χ0) is 25.0. The first kappa shape index (κ1) is 25.3. The molecule has 1 atom stereocenters. The Bertz CT molecular complexity index is 1100. The number of ether oxygens (including phenoxy) is 3. The molecule has 1 amide bonds. The van der Waals surface area contributed by atoms with Crippen LogP contribution in [0, 0.1) is 13.8 Å². The summed E-state index contributed by atoms with van der Waals surface area (Å²) in [4.78, 5) is 27.8. The number of Topliss-reactive ketones (excluding diaryl/α,β-unsaturated/α-hetero) is 1. The number of hydrogen-bond donors (Lipinski definition) is 1. The lowest BCUT2D eigenvalue weighted by atomic mass is 9.93. The zero-order valence-electron chi connectivity index (χ0n) is 20.7. The smallest absolute Gasteiger partial charge is 0.295 e. The number of hydrogen-bond acceptors (Lipinski definition) is 6. The van der Waals surface area contributed by atoms with E-state index >= 15 is 0 Å². The fraction of sp³-hybridized carbons (Fsp3) is 0.407. The number of methoxy groups -OCH3 is 1. The van der Waals surface area contributed by atoms with E-state index in [1.165, 1.54) is 4.90 Å². The molecule has 182 valence electrons. The van der Waals surface area contributed by atoms with Gasteiger partial charge < -0.3 is 24.2 Å². The third-order valence-electron chi connectivity index (χ3n) is 5.81. The number of nitrogens with zero attached hydrogens (tertiary/aromatic N) is 1. The summed E-state index contributed by atoms with van der Waals surface area (Å²) in [6, 6.07) is 10.1. The number of benzene rings is 2. The van der Waals surface area contributed by atoms with Crippen LogP contribution in [0.15, 0.2) is 42.0 Å². The normalized spacial score (nSPS) is 17.5. The Labute approximate surface area is 200 Å². The molecule has 2 aromatic rings. The van der Waals surface area contributed by atoms with Crippen LogP contribution in [-0.4, -0.2) is 54.7 Å². The third kappa shape index (κ3) is 5.09. The Balaban J connectivity index is 2.17. The van der Waals surface area contributed by atoms with Gasteiger partial charge >= 0.3 is 0 Å². The SMILES string of the molecule is CCOc1cccc(C2/C(=C(\O)c3cc(C)c(OC)cc3C)C(=O)C(=O)N2CCOC(C)C)c1. The average Bonchev–Trinajstić information content (AvgIpc) is 3.05. The fourth-order valence-corrected chi connectivity index (χ4v) is 4.19. The van der Waals surface area contributed by atoms with Crippen molar-refractivity contribution in [3.05, 3.63) is 64.2 Å². The Kier molecular flexibility index (Phi) is 7.99. The second-order valence-corrected chi connectivity index (χ2v) is 8.55. The number of rotatable bonds is 9. The van der Waals surface area contributed by atoms with E-state index in [2.05, 4.69) is 0 Å². The second-order valence-electron chi connectivity index (χ2n) is 8.55. The van der Waals surface area contributed by atoms with Crippen LogP contribution in [0.1, 0.15) is 49.1 Å². The van der Waals surface area contributed by atoms with Crippen LogP contribution in [0.4, 0.5) is 0 Å². The average molecular weight is 468 g/mol. The highest BCUT2D eigenvalue weighted by atomic mass is 16.5. The molecule has 0 aromatic heterocycles. The molecule has 1 unspecified atom stereocenters. The fourth-order valence-electron chi connectivity index (χ4n) is 4.19. The number of likely N-dealkylation sites (tertiary alicyclic amines) is 1. The Morgan fingerprint density at radius 1 is 1.12 bits per heavy atom. The molecule has 1 aliphatic rings. The minimum Gasteiger partial charge on any atom is -0.507 e. The first-order valence-corrected chi connectivity index (χ1v) is 11.5. The molecule has 0 bridgehead atoms. The van der Waals surface area contributed by atoms with E-state index in [0.29, 0.717) is 29.2 Å². The van der Waals surface area contributed by atoms with Crippen LogP contribution >= 0.6 is 0 Å². The largest absolute Gasteiger partial charge is 0.507 e. The van der Waals surface area contributed by atoms with Gasteiger partial charge in [-0.25, -0.2) is 0 Å². The molecule has 7 heteroatoms. The predicted molar refractivity (Wildman–Crippen MR) is 130 cm³/mol. The first-order valence-electron chi connectivity index (χ1n) is 11.5. The van der Waals surface area contributed by atoms with Crippen LogP contribution < -0.4 is 9.47 Å². The molecule has 0 spiro atoms.